The molecule has 0 amide bonds. The van der Waals surface area contributed by atoms with Crippen LogP contribution in [0.4, 0.5) is 0 Å². The number of pyridine rings is 1. The Morgan fingerprint density at radius 2 is 2.20 bits per heavy atom. The maximum atomic E-state index is 6.48. The third-order valence-corrected chi connectivity index (χ3v) is 4.04. The van der Waals surface area contributed by atoms with Crippen LogP contribution in [0, 0.1) is 0 Å². The van der Waals surface area contributed by atoms with Crippen molar-refractivity contribution < 1.29 is 4.74 Å². The van der Waals surface area contributed by atoms with Gasteiger partial charge in [0.1, 0.15) is 5.75 Å². The minimum absolute atomic E-state index is 0.0217. The van der Waals surface area contributed by atoms with Crippen molar-refractivity contribution in [3.05, 3.63) is 59.4 Å². The number of benzene rings is 1. The van der Waals surface area contributed by atoms with E-state index in [1.165, 1.54) is 11.1 Å². The van der Waals surface area contributed by atoms with Crippen LogP contribution >= 0.6 is 0 Å². The molecule has 3 nitrogen and oxygen atoms in total. The summed E-state index contributed by atoms with van der Waals surface area (Å²) in [5.74, 6) is 1.18. The SMILES string of the molecule is CCOc1cncc(C(N)C2CCc3ccccc32)c1. The topological polar surface area (TPSA) is 48.1 Å². The van der Waals surface area contributed by atoms with Gasteiger partial charge in [-0.15, -0.1) is 0 Å². The lowest BCUT2D eigenvalue weighted by Gasteiger charge is -2.21. The van der Waals surface area contributed by atoms with E-state index in [4.69, 9.17) is 10.5 Å². The largest absolute Gasteiger partial charge is 0.492 e. The van der Waals surface area contributed by atoms with Crippen molar-refractivity contribution in [3.63, 3.8) is 0 Å². The molecule has 1 heterocycles. The standard InChI is InChI=1S/C17H20N2O/c1-2-20-14-9-13(10-19-11-14)17(18)16-8-7-12-5-3-4-6-15(12)16/h3-6,9-11,16-17H,2,7-8,18H2,1H3. The maximum Gasteiger partial charge on any atom is 0.137 e. The lowest BCUT2D eigenvalue weighted by atomic mass is 9.89. The van der Waals surface area contributed by atoms with Crippen LogP contribution in [-0.4, -0.2) is 11.6 Å². The van der Waals surface area contributed by atoms with Crippen LogP contribution in [0.5, 0.6) is 5.75 Å². The Morgan fingerprint density at radius 3 is 3.05 bits per heavy atom. The van der Waals surface area contributed by atoms with Gasteiger partial charge in [-0.05, 0) is 42.5 Å². The van der Waals surface area contributed by atoms with Crippen molar-refractivity contribution in [2.24, 2.45) is 5.73 Å². The Labute approximate surface area is 119 Å². The van der Waals surface area contributed by atoms with E-state index in [-0.39, 0.29) is 6.04 Å². The van der Waals surface area contributed by atoms with Gasteiger partial charge in [0.2, 0.25) is 0 Å². The summed E-state index contributed by atoms with van der Waals surface area (Å²) in [6.45, 7) is 2.62. The lowest BCUT2D eigenvalue weighted by Crippen LogP contribution is -2.18. The van der Waals surface area contributed by atoms with Crippen LogP contribution in [0.15, 0.2) is 42.7 Å². The molecular formula is C17H20N2O. The fourth-order valence-corrected chi connectivity index (χ4v) is 3.06. The summed E-state index contributed by atoms with van der Waals surface area (Å²) in [5.41, 5.74) is 10.4. The summed E-state index contributed by atoms with van der Waals surface area (Å²) >= 11 is 0. The Kier molecular flexibility index (Phi) is 3.70. The molecule has 3 rings (SSSR count). The molecule has 1 aromatic heterocycles. The summed E-state index contributed by atoms with van der Waals surface area (Å²) in [6, 6.07) is 10.6. The van der Waals surface area contributed by atoms with Gasteiger partial charge in [-0.3, -0.25) is 4.98 Å². The van der Waals surface area contributed by atoms with Gasteiger partial charge in [-0.2, -0.15) is 0 Å². The zero-order valence-electron chi connectivity index (χ0n) is 11.8. The van der Waals surface area contributed by atoms with Gasteiger partial charge in [-0.25, -0.2) is 0 Å². The van der Waals surface area contributed by atoms with E-state index in [2.05, 4.69) is 29.2 Å². The van der Waals surface area contributed by atoms with Crippen LogP contribution in [0.25, 0.3) is 0 Å². The average molecular weight is 268 g/mol. The van der Waals surface area contributed by atoms with Gasteiger partial charge in [0.05, 0.1) is 12.8 Å². The second-order valence-electron chi connectivity index (χ2n) is 5.26. The molecule has 0 radical (unpaired) electrons. The first kappa shape index (κ1) is 13.1. The lowest BCUT2D eigenvalue weighted by molar-refractivity contribution is 0.338. The maximum absolute atomic E-state index is 6.48. The van der Waals surface area contributed by atoms with E-state index in [1.54, 1.807) is 6.20 Å². The molecule has 3 heteroatoms. The molecule has 1 aliphatic carbocycles. The second kappa shape index (κ2) is 5.63. The molecule has 0 saturated heterocycles. The van der Waals surface area contributed by atoms with Gasteiger partial charge in [0.15, 0.2) is 0 Å². The number of hydrogen-bond acceptors (Lipinski definition) is 3. The minimum atomic E-state index is -0.0217. The second-order valence-corrected chi connectivity index (χ2v) is 5.26. The van der Waals surface area contributed by atoms with Crippen LogP contribution in [0.2, 0.25) is 0 Å². The number of aryl methyl sites for hydroxylation is 1. The molecule has 0 fully saturated rings. The monoisotopic (exact) mass is 268 g/mol. The van der Waals surface area contributed by atoms with Crippen molar-refractivity contribution in [1.82, 2.24) is 4.98 Å². The molecule has 0 bridgehead atoms. The highest BCUT2D eigenvalue weighted by Gasteiger charge is 2.28. The van der Waals surface area contributed by atoms with E-state index in [9.17, 15) is 0 Å². The highest BCUT2D eigenvalue weighted by atomic mass is 16.5. The summed E-state index contributed by atoms with van der Waals surface area (Å²) in [7, 11) is 0. The first-order chi connectivity index (χ1) is 9.79. The molecule has 0 saturated carbocycles. The summed E-state index contributed by atoms with van der Waals surface area (Å²) in [6.07, 6.45) is 5.82. The van der Waals surface area contributed by atoms with Crippen molar-refractivity contribution in [1.29, 1.82) is 0 Å². The molecule has 2 unspecified atom stereocenters. The number of nitrogens with two attached hydrogens (primary N) is 1. The molecule has 1 aliphatic rings. The Morgan fingerprint density at radius 1 is 1.35 bits per heavy atom. The molecule has 2 N–H and O–H groups in total. The zero-order chi connectivity index (χ0) is 13.9. The third-order valence-electron chi connectivity index (χ3n) is 4.04. The quantitative estimate of drug-likeness (QED) is 0.926. The highest BCUT2D eigenvalue weighted by molar-refractivity contribution is 5.38. The number of hydrogen-bond donors (Lipinski definition) is 1. The van der Waals surface area contributed by atoms with Crippen LogP contribution in [0.3, 0.4) is 0 Å². The fraction of sp³-hybridized carbons (Fsp3) is 0.353. The van der Waals surface area contributed by atoms with Crippen molar-refractivity contribution >= 4 is 0 Å². The first-order valence-corrected chi connectivity index (χ1v) is 7.20. The summed E-state index contributed by atoms with van der Waals surface area (Å²) in [4.78, 5) is 4.25. The van der Waals surface area contributed by atoms with Gasteiger partial charge >= 0.3 is 0 Å². The zero-order valence-corrected chi connectivity index (χ0v) is 11.8. The first-order valence-electron chi connectivity index (χ1n) is 7.20. The van der Waals surface area contributed by atoms with E-state index in [0.717, 1.165) is 24.2 Å². The molecule has 0 spiro atoms. The number of nitrogens with zero attached hydrogens (tertiary/aromatic N) is 1. The van der Waals surface area contributed by atoms with Crippen molar-refractivity contribution in [3.8, 4) is 5.75 Å². The normalized spacial score (nSPS) is 18.6. The number of rotatable bonds is 4. The molecular weight excluding hydrogens is 248 g/mol. The highest BCUT2D eigenvalue weighted by Crippen LogP contribution is 2.40. The van der Waals surface area contributed by atoms with Gasteiger partial charge in [0, 0.05) is 18.2 Å². The Hall–Kier alpha value is -1.87. The van der Waals surface area contributed by atoms with Crippen molar-refractivity contribution in [2.45, 2.75) is 31.7 Å². The molecule has 104 valence electrons. The predicted molar refractivity (Wildman–Crippen MR) is 79.8 cm³/mol. The molecule has 0 aliphatic heterocycles. The predicted octanol–water partition coefficient (Wildman–Crippen LogP) is 3.21. The average Bonchev–Trinajstić information content (AvgIpc) is 2.91. The van der Waals surface area contributed by atoms with Crippen molar-refractivity contribution in [2.75, 3.05) is 6.61 Å². The van der Waals surface area contributed by atoms with Gasteiger partial charge in [-0.1, -0.05) is 24.3 Å². The summed E-state index contributed by atoms with van der Waals surface area (Å²) in [5, 5.41) is 0. The fourth-order valence-electron chi connectivity index (χ4n) is 3.06. The number of ether oxygens (including phenoxy) is 1. The smallest absolute Gasteiger partial charge is 0.137 e. The van der Waals surface area contributed by atoms with E-state index >= 15 is 0 Å². The molecule has 2 atom stereocenters. The minimum Gasteiger partial charge on any atom is -0.492 e. The molecule has 2 aromatic rings. The van der Waals surface area contributed by atoms with Crippen LogP contribution in [-0.2, 0) is 6.42 Å². The number of fused-ring (bicyclic) bond motifs is 1. The van der Waals surface area contributed by atoms with Crippen LogP contribution in [0.1, 0.15) is 42.0 Å². The summed E-state index contributed by atoms with van der Waals surface area (Å²) < 4.78 is 5.51. The van der Waals surface area contributed by atoms with E-state index in [1.807, 2.05) is 19.2 Å². The Bertz CT molecular complexity index is 597. The molecule has 1 aromatic carbocycles. The van der Waals surface area contributed by atoms with Gasteiger partial charge < -0.3 is 10.5 Å². The van der Waals surface area contributed by atoms with Crippen LogP contribution < -0.4 is 10.5 Å². The third kappa shape index (κ3) is 2.41. The van der Waals surface area contributed by atoms with E-state index < -0.39 is 0 Å². The van der Waals surface area contributed by atoms with Gasteiger partial charge in [0.25, 0.3) is 0 Å². The molecule has 20 heavy (non-hydrogen) atoms. The Balaban J connectivity index is 1.86. The number of aromatic nitrogens is 1. The van der Waals surface area contributed by atoms with E-state index in [0.29, 0.717) is 12.5 Å².